The highest BCUT2D eigenvalue weighted by molar-refractivity contribution is 5.63. The third-order valence-electron chi connectivity index (χ3n) is 4.14. The van der Waals surface area contributed by atoms with Gasteiger partial charge in [0.05, 0.1) is 12.8 Å². The molecular formula is C18H24N2O2. The van der Waals surface area contributed by atoms with Crippen molar-refractivity contribution in [1.82, 2.24) is 4.57 Å². The van der Waals surface area contributed by atoms with E-state index in [2.05, 4.69) is 19.9 Å². The Morgan fingerprint density at radius 3 is 2.55 bits per heavy atom. The number of pyridine rings is 1. The first kappa shape index (κ1) is 16.3. The van der Waals surface area contributed by atoms with Crippen LogP contribution in [0.4, 0.5) is 0 Å². The summed E-state index contributed by atoms with van der Waals surface area (Å²) in [5.74, 6) is 0.847. The van der Waals surface area contributed by atoms with Crippen LogP contribution in [-0.4, -0.2) is 11.7 Å². The molecule has 22 heavy (non-hydrogen) atoms. The van der Waals surface area contributed by atoms with Gasteiger partial charge in [-0.05, 0) is 55.7 Å². The van der Waals surface area contributed by atoms with Gasteiger partial charge in [-0.25, -0.2) is 0 Å². The number of nitrogens with two attached hydrogens (primary N) is 1. The van der Waals surface area contributed by atoms with Crippen molar-refractivity contribution in [3.05, 3.63) is 51.8 Å². The Labute approximate surface area is 131 Å². The van der Waals surface area contributed by atoms with Crippen molar-refractivity contribution in [2.45, 2.75) is 39.8 Å². The molecular weight excluding hydrogens is 276 g/mol. The minimum atomic E-state index is 0.00261. The van der Waals surface area contributed by atoms with Crippen molar-refractivity contribution in [2.75, 3.05) is 7.11 Å². The lowest BCUT2D eigenvalue weighted by Crippen LogP contribution is -2.28. The van der Waals surface area contributed by atoms with Gasteiger partial charge in [0, 0.05) is 18.2 Å². The molecule has 1 aromatic carbocycles. The number of nitrogens with zero attached hydrogens (tertiary/aromatic N) is 1. The zero-order valence-corrected chi connectivity index (χ0v) is 13.7. The molecule has 1 heterocycles. The zero-order valence-electron chi connectivity index (χ0n) is 13.7. The van der Waals surface area contributed by atoms with Crippen LogP contribution in [0.2, 0.25) is 0 Å². The van der Waals surface area contributed by atoms with Crippen LogP contribution in [0.3, 0.4) is 0 Å². The predicted molar refractivity (Wildman–Crippen MR) is 90.3 cm³/mol. The number of ether oxygens (including phenoxy) is 1. The number of aromatic nitrogens is 1. The fourth-order valence-corrected chi connectivity index (χ4v) is 2.64. The first-order chi connectivity index (χ1) is 10.5. The van der Waals surface area contributed by atoms with Crippen LogP contribution in [0, 0.1) is 6.92 Å². The van der Waals surface area contributed by atoms with Crippen LogP contribution in [0.25, 0.3) is 11.3 Å². The fraction of sp³-hybridized carbons (Fsp3) is 0.389. The maximum Gasteiger partial charge on any atom is 0.255 e. The van der Waals surface area contributed by atoms with Gasteiger partial charge in [0.15, 0.2) is 0 Å². The number of hydrogen-bond donors (Lipinski definition) is 1. The molecule has 1 atom stereocenters. The average molecular weight is 300 g/mol. The van der Waals surface area contributed by atoms with Crippen LogP contribution in [0.1, 0.15) is 37.4 Å². The Bertz CT molecular complexity index is 720. The summed E-state index contributed by atoms with van der Waals surface area (Å²) in [5.41, 5.74) is 9.31. The lowest BCUT2D eigenvalue weighted by molar-refractivity contribution is 0.411. The van der Waals surface area contributed by atoms with Gasteiger partial charge >= 0.3 is 0 Å². The first-order valence-corrected chi connectivity index (χ1v) is 7.63. The van der Waals surface area contributed by atoms with E-state index >= 15 is 0 Å². The first-order valence-electron chi connectivity index (χ1n) is 7.63. The highest BCUT2D eigenvalue weighted by atomic mass is 16.5. The normalized spacial score (nSPS) is 12.2. The molecule has 4 nitrogen and oxygen atoms in total. The SMILES string of the molecule is CCC(C)n1c(-c2ccc(OC)c(C)c2)ccc(CN)c1=O. The molecule has 0 saturated heterocycles. The predicted octanol–water partition coefficient (Wildman–Crippen LogP) is 3.26. The Morgan fingerprint density at radius 1 is 1.27 bits per heavy atom. The quantitative estimate of drug-likeness (QED) is 0.922. The van der Waals surface area contributed by atoms with Gasteiger partial charge in [0.25, 0.3) is 5.56 Å². The Hall–Kier alpha value is -2.07. The van der Waals surface area contributed by atoms with Crippen LogP contribution in [-0.2, 0) is 6.54 Å². The van der Waals surface area contributed by atoms with E-state index in [0.29, 0.717) is 5.56 Å². The van der Waals surface area contributed by atoms with Crippen molar-refractivity contribution in [1.29, 1.82) is 0 Å². The van der Waals surface area contributed by atoms with Crippen molar-refractivity contribution in [2.24, 2.45) is 5.73 Å². The van der Waals surface area contributed by atoms with E-state index in [9.17, 15) is 4.79 Å². The molecule has 2 N–H and O–H groups in total. The molecule has 0 aliphatic carbocycles. The maximum absolute atomic E-state index is 12.7. The van der Waals surface area contributed by atoms with Gasteiger partial charge in [0.2, 0.25) is 0 Å². The number of methoxy groups -OCH3 is 1. The van der Waals surface area contributed by atoms with E-state index in [0.717, 1.165) is 29.0 Å². The van der Waals surface area contributed by atoms with Gasteiger partial charge < -0.3 is 15.0 Å². The van der Waals surface area contributed by atoms with E-state index in [1.807, 2.05) is 35.8 Å². The highest BCUT2D eigenvalue weighted by Gasteiger charge is 2.14. The molecule has 1 unspecified atom stereocenters. The largest absolute Gasteiger partial charge is 0.496 e. The highest BCUT2D eigenvalue weighted by Crippen LogP contribution is 2.27. The second-order valence-corrected chi connectivity index (χ2v) is 5.56. The Morgan fingerprint density at radius 2 is 2.00 bits per heavy atom. The summed E-state index contributed by atoms with van der Waals surface area (Å²) >= 11 is 0. The van der Waals surface area contributed by atoms with Crippen molar-refractivity contribution < 1.29 is 4.74 Å². The second kappa shape index (κ2) is 6.79. The molecule has 0 bridgehead atoms. The van der Waals surface area contributed by atoms with Crippen molar-refractivity contribution >= 4 is 0 Å². The summed E-state index contributed by atoms with van der Waals surface area (Å²) < 4.78 is 7.16. The van der Waals surface area contributed by atoms with Gasteiger partial charge in [-0.1, -0.05) is 13.0 Å². The van der Waals surface area contributed by atoms with Crippen LogP contribution >= 0.6 is 0 Å². The summed E-state index contributed by atoms with van der Waals surface area (Å²) in [5, 5.41) is 0. The number of rotatable bonds is 5. The molecule has 2 rings (SSSR count). The minimum absolute atomic E-state index is 0.00261. The number of benzene rings is 1. The maximum atomic E-state index is 12.7. The minimum Gasteiger partial charge on any atom is -0.496 e. The molecule has 0 aliphatic rings. The summed E-state index contributed by atoms with van der Waals surface area (Å²) in [6, 6.07) is 9.91. The van der Waals surface area contributed by atoms with E-state index in [-0.39, 0.29) is 18.1 Å². The lowest BCUT2D eigenvalue weighted by Gasteiger charge is -2.20. The molecule has 0 fully saturated rings. The topological polar surface area (TPSA) is 57.2 Å². The molecule has 2 aromatic rings. The molecule has 0 radical (unpaired) electrons. The van der Waals surface area contributed by atoms with Gasteiger partial charge in [0.1, 0.15) is 5.75 Å². The summed E-state index contributed by atoms with van der Waals surface area (Å²) in [4.78, 5) is 12.7. The van der Waals surface area contributed by atoms with Gasteiger partial charge in [-0.3, -0.25) is 4.79 Å². The Kier molecular flexibility index (Phi) is 5.03. The van der Waals surface area contributed by atoms with E-state index in [1.165, 1.54) is 0 Å². The zero-order chi connectivity index (χ0) is 16.3. The average Bonchev–Trinajstić information content (AvgIpc) is 2.53. The monoisotopic (exact) mass is 300 g/mol. The molecule has 1 aromatic heterocycles. The molecule has 4 heteroatoms. The van der Waals surface area contributed by atoms with E-state index in [4.69, 9.17) is 10.5 Å². The van der Waals surface area contributed by atoms with Gasteiger partial charge in [-0.2, -0.15) is 0 Å². The van der Waals surface area contributed by atoms with Crippen LogP contribution < -0.4 is 16.0 Å². The smallest absolute Gasteiger partial charge is 0.255 e. The van der Waals surface area contributed by atoms with Crippen molar-refractivity contribution in [3.8, 4) is 17.0 Å². The molecule has 118 valence electrons. The molecule has 0 spiro atoms. The summed E-state index contributed by atoms with van der Waals surface area (Å²) in [7, 11) is 1.66. The summed E-state index contributed by atoms with van der Waals surface area (Å²) in [6.07, 6.45) is 0.885. The number of aryl methyl sites for hydroxylation is 1. The Balaban J connectivity index is 2.67. The lowest BCUT2D eigenvalue weighted by atomic mass is 10.0. The van der Waals surface area contributed by atoms with Crippen LogP contribution in [0.5, 0.6) is 5.75 Å². The summed E-state index contributed by atoms with van der Waals surface area (Å²) in [6.45, 7) is 6.40. The fourth-order valence-electron chi connectivity index (χ4n) is 2.64. The molecule has 0 saturated carbocycles. The van der Waals surface area contributed by atoms with Crippen molar-refractivity contribution in [3.63, 3.8) is 0 Å². The van der Waals surface area contributed by atoms with E-state index < -0.39 is 0 Å². The van der Waals surface area contributed by atoms with Gasteiger partial charge in [-0.15, -0.1) is 0 Å². The second-order valence-electron chi connectivity index (χ2n) is 5.56. The molecule has 0 aliphatic heterocycles. The number of hydrogen-bond acceptors (Lipinski definition) is 3. The third-order valence-corrected chi connectivity index (χ3v) is 4.14. The van der Waals surface area contributed by atoms with E-state index in [1.54, 1.807) is 7.11 Å². The molecule has 0 amide bonds. The third kappa shape index (κ3) is 2.92. The van der Waals surface area contributed by atoms with Crippen LogP contribution in [0.15, 0.2) is 35.1 Å². The standard InChI is InChI=1S/C18H24N2O2/c1-5-13(3)20-16(8-6-15(11-19)18(20)21)14-7-9-17(22-4)12(2)10-14/h6-10,13H,5,11,19H2,1-4H3.